The molecule has 0 aliphatic heterocycles. The summed E-state index contributed by atoms with van der Waals surface area (Å²) < 4.78 is 18.3. The van der Waals surface area contributed by atoms with E-state index in [1.165, 1.54) is 10.9 Å². The van der Waals surface area contributed by atoms with E-state index in [1.54, 1.807) is 0 Å². The average molecular weight is 450 g/mol. The van der Waals surface area contributed by atoms with Crippen LogP contribution in [0.2, 0.25) is 0 Å². The highest BCUT2D eigenvalue weighted by atomic mass is 16.5. The Kier molecular flexibility index (Phi) is 4.88. The van der Waals surface area contributed by atoms with Gasteiger partial charge in [0.05, 0.1) is 6.33 Å². The SMILES string of the molecule is O=c1c2oc3ccccc3c2ncn1Cc1nc(-c2ccc(OCc3ccccc3)cc2)no1. The van der Waals surface area contributed by atoms with Crippen molar-refractivity contribution in [3.63, 3.8) is 0 Å². The molecule has 3 heterocycles. The maximum Gasteiger partial charge on any atom is 0.297 e. The highest BCUT2D eigenvalue weighted by Gasteiger charge is 2.15. The molecule has 0 fully saturated rings. The van der Waals surface area contributed by atoms with Crippen LogP contribution in [0, 0.1) is 0 Å². The third kappa shape index (κ3) is 3.71. The maximum absolute atomic E-state index is 12.9. The van der Waals surface area contributed by atoms with Crippen molar-refractivity contribution in [3.05, 3.63) is 107 Å². The Labute approximate surface area is 193 Å². The molecule has 8 heteroatoms. The summed E-state index contributed by atoms with van der Waals surface area (Å²) in [7, 11) is 0. The lowest BCUT2D eigenvalue weighted by Gasteiger charge is -2.06. The van der Waals surface area contributed by atoms with E-state index in [1.807, 2.05) is 78.9 Å². The average Bonchev–Trinajstić information content (AvgIpc) is 3.51. The minimum atomic E-state index is -0.305. The van der Waals surface area contributed by atoms with Gasteiger partial charge < -0.3 is 13.7 Å². The number of rotatable bonds is 6. The van der Waals surface area contributed by atoms with E-state index in [-0.39, 0.29) is 17.7 Å². The Morgan fingerprint density at radius 2 is 1.71 bits per heavy atom. The molecule has 0 radical (unpaired) electrons. The van der Waals surface area contributed by atoms with E-state index in [0.29, 0.717) is 29.4 Å². The van der Waals surface area contributed by atoms with E-state index >= 15 is 0 Å². The zero-order valence-corrected chi connectivity index (χ0v) is 17.9. The van der Waals surface area contributed by atoms with Crippen molar-refractivity contribution in [2.45, 2.75) is 13.2 Å². The first-order chi connectivity index (χ1) is 16.7. The topological polar surface area (TPSA) is 96.2 Å². The largest absolute Gasteiger partial charge is 0.489 e. The molecule has 166 valence electrons. The van der Waals surface area contributed by atoms with Gasteiger partial charge in [0.1, 0.15) is 30.0 Å². The first-order valence-corrected chi connectivity index (χ1v) is 10.7. The highest BCUT2D eigenvalue weighted by molar-refractivity contribution is 6.01. The zero-order valence-electron chi connectivity index (χ0n) is 17.9. The van der Waals surface area contributed by atoms with Crippen LogP contribution >= 0.6 is 0 Å². The molecule has 0 saturated carbocycles. The fourth-order valence-corrected chi connectivity index (χ4v) is 3.75. The molecular formula is C26H18N4O4. The second-order valence-corrected chi connectivity index (χ2v) is 7.76. The van der Waals surface area contributed by atoms with Gasteiger partial charge in [-0.3, -0.25) is 9.36 Å². The molecule has 6 rings (SSSR count). The summed E-state index contributed by atoms with van der Waals surface area (Å²) in [5.74, 6) is 1.46. The molecule has 0 amide bonds. The van der Waals surface area contributed by atoms with E-state index in [0.717, 1.165) is 22.3 Å². The molecule has 6 aromatic rings. The van der Waals surface area contributed by atoms with Crippen LogP contribution in [0.3, 0.4) is 0 Å². The van der Waals surface area contributed by atoms with Gasteiger partial charge in [-0.25, -0.2) is 4.98 Å². The van der Waals surface area contributed by atoms with Crippen LogP contribution in [0.15, 0.2) is 98.9 Å². The predicted octanol–water partition coefficient (Wildman–Crippen LogP) is 4.82. The number of ether oxygens (including phenoxy) is 1. The molecule has 0 atom stereocenters. The first-order valence-electron chi connectivity index (χ1n) is 10.7. The number of hydrogen-bond donors (Lipinski definition) is 0. The second-order valence-electron chi connectivity index (χ2n) is 7.76. The van der Waals surface area contributed by atoms with Gasteiger partial charge in [-0.05, 0) is 42.0 Å². The Morgan fingerprint density at radius 1 is 0.912 bits per heavy atom. The van der Waals surface area contributed by atoms with Gasteiger partial charge in [0.2, 0.25) is 17.3 Å². The minimum absolute atomic E-state index is 0.0874. The minimum Gasteiger partial charge on any atom is -0.489 e. The standard InChI is InChI=1S/C26H18N4O4/c31-26-24-23(20-8-4-5-9-21(20)33-24)27-16-30(26)14-22-28-25(29-34-22)18-10-12-19(13-11-18)32-15-17-6-2-1-3-7-17/h1-13,16H,14-15H2. The molecule has 34 heavy (non-hydrogen) atoms. The Balaban J connectivity index is 1.19. The van der Waals surface area contributed by atoms with Gasteiger partial charge in [-0.1, -0.05) is 47.6 Å². The van der Waals surface area contributed by atoms with Crippen molar-refractivity contribution in [1.82, 2.24) is 19.7 Å². The van der Waals surface area contributed by atoms with Crippen LogP contribution in [0.25, 0.3) is 33.5 Å². The molecule has 3 aromatic heterocycles. The Morgan fingerprint density at radius 3 is 2.56 bits per heavy atom. The molecule has 0 aliphatic carbocycles. The molecular weight excluding hydrogens is 432 g/mol. The number of nitrogens with zero attached hydrogens (tertiary/aromatic N) is 4. The normalized spacial score (nSPS) is 11.3. The fourth-order valence-electron chi connectivity index (χ4n) is 3.75. The molecule has 0 unspecified atom stereocenters. The quantitative estimate of drug-likeness (QED) is 0.359. The highest BCUT2D eigenvalue weighted by Crippen LogP contribution is 2.24. The first kappa shape index (κ1) is 19.9. The summed E-state index contributed by atoms with van der Waals surface area (Å²) in [6.45, 7) is 0.578. The van der Waals surface area contributed by atoms with Gasteiger partial charge in [0.15, 0.2) is 0 Å². The van der Waals surface area contributed by atoms with Crippen LogP contribution in [-0.4, -0.2) is 19.7 Å². The van der Waals surface area contributed by atoms with Crippen molar-refractivity contribution in [1.29, 1.82) is 0 Å². The van der Waals surface area contributed by atoms with E-state index < -0.39 is 0 Å². The van der Waals surface area contributed by atoms with Crippen molar-refractivity contribution in [3.8, 4) is 17.1 Å². The lowest BCUT2D eigenvalue weighted by Crippen LogP contribution is -2.20. The fraction of sp³-hybridized carbons (Fsp3) is 0.0769. The van der Waals surface area contributed by atoms with E-state index in [9.17, 15) is 4.79 Å². The van der Waals surface area contributed by atoms with Crippen molar-refractivity contribution in [2.75, 3.05) is 0 Å². The maximum atomic E-state index is 12.9. The van der Waals surface area contributed by atoms with Gasteiger partial charge in [0.25, 0.3) is 5.56 Å². The third-order valence-electron chi connectivity index (χ3n) is 5.49. The van der Waals surface area contributed by atoms with Crippen LogP contribution in [0.5, 0.6) is 5.75 Å². The number of benzene rings is 3. The molecule has 0 aliphatic rings. The summed E-state index contributed by atoms with van der Waals surface area (Å²) in [6, 6.07) is 24.8. The van der Waals surface area contributed by atoms with Gasteiger partial charge in [-0.15, -0.1) is 0 Å². The van der Waals surface area contributed by atoms with Crippen molar-refractivity contribution in [2.24, 2.45) is 0 Å². The van der Waals surface area contributed by atoms with Crippen LogP contribution < -0.4 is 10.3 Å². The lowest BCUT2D eigenvalue weighted by molar-refractivity contribution is 0.306. The van der Waals surface area contributed by atoms with Crippen LogP contribution in [-0.2, 0) is 13.2 Å². The second kappa shape index (κ2) is 8.32. The van der Waals surface area contributed by atoms with E-state index in [2.05, 4.69) is 15.1 Å². The Bertz CT molecular complexity index is 1650. The van der Waals surface area contributed by atoms with Crippen LogP contribution in [0.4, 0.5) is 0 Å². The summed E-state index contributed by atoms with van der Waals surface area (Å²) in [5, 5.41) is 4.85. The van der Waals surface area contributed by atoms with Crippen molar-refractivity contribution < 1.29 is 13.7 Å². The molecule has 0 saturated heterocycles. The van der Waals surface area contributed by atoms with Gasteiger partial charge in [0, 0.05) is 10.9 Å². The summed E-state index contributed by atoms with van der Waals surface area (Å²) in [6.07, 6.45) is 1.47. The molecule has 0 bridgehead atoms. The van der Waals surface area contributed by atoms with Crippen molar-refractivity contribution >= 4 is 22.1 Å². The van der Waals surface area contributed by atoms with Gasteiger partial charge >= 0.3 is 0 Å². The summed E-state index contributed by atoms with van der Waals surface area (Å²) >= 11 is 0. The smallest absolute Gasteiger partial charge is 0.297 e. The zero-order chi connectivity index (χ0) is 22.9. The number of aromatic nitrogens is 4. The molecule has 3 aromatic carbocycles. The summed E-state index contributed by atoms with van der Waals surface area (Å²) in [5.41, 5.74) is 2.93. The third-order valence-corrected chi connectivity index (χ3v) is 5.49. The Hall–Kier alpha value is -4.72. The number of fused-ring (bicyclic) bond motifs is 3. The summed E-state index contributed by atoms with van der Waals surface area (Å²) in [4.78, 5) is 21.7. The van der Waals surface area contributed by atoms with Gasteiger partial charge in [-0.2, -0.15) is 4.98 Å². The molecule has 8 nitrogen and oxygen atoms in total. The van der Waals surface area contributed by atoms with E-state index in [4.69, 9.17) is 13.7 Å². The van der Waals surface area contributed by atoms with Crippen LogP contribution in [0.1, 0.15) is 11.5 Å². The lowest BCUT2D eigenvalue weighted by atomic mass is 10.2. The molecule has 0 spiro atoms. The molecule has 0 N–H and O–H groups in total. The number of hydrogen-bond acceptors (Lipinski definition) is 7. The number of para-hydroxylation sites is 1. The number of furan rings is 1. The monoisotopic (exact) mass is 450 g/mol. The predicted molar refractivity (Wildman–Crippen MR) is 125 cm³/mol.